The van der Waals surface area contributed by atoms with Crippen molar-refractivity contribution in [2.45, 2.75) is 20.0 Å². The molecule has 1 rings (SSSR count). The van der Waals surface area contributed by atoms with Gasteiger partial charge in [-0.05, 0) is 5.56 Å². The third kappa shape index (κ3) is 7.01. The first-order valence-electron chi connectivity index (χ1n) is 6.19. The van der Waals surface area contributed by atoms with Crippen LogP contribution in [0, 0.1) is 0 Å². The molecule has 0 saturated heterocycles. The van der Waals surface area contributed by atoms with Crippen LogP contribution in [-0.4, -0.2) is 25.7 Å². The van der Waals surface area contributed by atoms with Crippen molar-refractivity contribution in [1.82, 2.24) is 16.2 Å². The standard InChI is InChI=1S/C13H21N3O2/c1-2-15-16-11-14-9-8-13(17)18-10-12-6-4-3-5-7-12/h3-7,14-16H,2,8-11H2,1H3. The van der Waals surface area contributed by atoms with Crippen molar-refractivity contribution in [3.8, 4) is 0 Å². The zero-order valence-electron chi connectivity index (χ0n) is 10.7. The molecule has 0 amide bonds. The predicted octanol–water partition coefficient (Wildman–Crippen LogP) is 0.781. The van der Waals surface area contributed by atoms with Gasteiger partial charge in [-0.25, -0.2) is 5.43 Å². The van der Waals surface area contributed by atoms with E-state index in [9.17, 15) is 4.79 Å². The number of hydrogen-bond donors (Lipinski definition) is 3. The molecule has 18 heavy (non-hydrogen) atoms. The Morgan fingerprint density at radius 1 is 1.22 bits per heavy atom. The van der Waals surface area contributed by atoms with Crippen LogP contribution in [0.3, 0.4) is 0 Å². The van der Waals surface area contributed by atoms with E-state index in [2.05, 4.69) is 16.2 Å². The maximum absolute atomic E-state index is 11.4. The molecule has 5 heteroatoms. The molecule has 5 nitrogen and oxygen atoms in total. The predicted molar refractivity (Wildman–Crippen MR) is 70.5 cm³/mol. The van der Waals surface area contributed by atoms with Gasteiger partial charge in [-0.2, -0.15) is 0 Å². The summed E-state index contributed by atoms with van der Waals surface area (Å²) < 4.78 is 5.14. The van der Waals surface area contributed by atoms with Crippen LogP contribution < -0.4 is 16.2 Å². The Bertz CT molecular complexity index is 330. The minimum absolute atomic E-state index is 0.185. The lowest BCUT2D eigenvalue weighted by Crippen LogP contribution is -2.39. The third-order valence-corrected chi connectivity index (χ3v) is 2.26. The van der Waals surface area contributed by atoms with Gasteiger partial charge >= 0.3 is 5.97 Å². The number of esters is 1. The lowest BCUT2D eigenvalue weighted by molar-refractivity contribution is -0.144. The summed E-state index contributed by atoms with van der Waals surface area (Å²) in [5, 5.41) is 3.07. The summed E-state index contributed by atoms with van der Waals surface area (Å²) in [6.45, 7) is 4.44. The number of hydrazine groups is 1. The average molecular weight is 251 g/mol. The molecule has 0 aliphatic rings. The molecule has 0 aromatic heterocycles. The molecule has 3 N–H and O–H groups in total. The highest BCUT2D eigenvalue weighted by Gasteiger charge is 2.02. The van der Waals surface area contributed by atoms with Crippen LogP contribution in [0.25, 0.3) is 0 Å². The Balaban J connectivity index is 2.01. The average Bonchev–Trinajstić information content (AvgIpc) is 2.41. The van der Waals surface area contributed by atoms with Gasteiger partial charge in [0.2, 0.25) is 0 Å². The third-order valence-electron chi connectivity index (χ3n) is 2.26. The maximum atomic E-state index is 11.4. The highest BCUT2D eigenvalue weighted by molar-refractivity contribution is 5.69. The van der Waals surface area contributed by atoms with Gasteiger partial charge in [0, 0.05) is 13.1 Å². The molecule has 0 radical (unpaired) electrons. The molecule has 0 heterocycles. The zero-order chi connectivity index (χ0) is 13.1. The minimum atomic E-state index is -0.185. The van der Waals surface area contributed by atoms with E-state index in [0.29, 0.717) is 26.2 Å². The largest absolute Gasteiger partial charge is 0.461 e. The van der Waals surface area contributed by atoms with Crippen molar-refractivity contribution < 1.29 is 9.53 Å². The number of carbonyl (C=O) groups excluding carboxylic acids is 1. The second kappa shape index (κ2) is 9.58. The molecule has 0 atom stereocenters. The van der Waals surface area contributed by atoms with Crippen molar-refractivity contribution in [1.29, 1.82) is 0 Å². The van der Waals surface area contributed by atoms with Gasteiger partial charge in [0.15, 0.2) is 0 Å². The van der Waals surface area contributed by atoms with Crippen LogP contribution in [0.5, 0.6) is 0 Å². The number of rotatable bonds is 9. The summed E-state index contributed by atoms with van der Waals surface area (Å²) >= 11 is 0. The van der Waals surface area contributed by atoms with Crippen LogP contribution in [-0.2, 0) is 16.1 Å². The summed E-state index contributed by atoms with van der Waals surface area (Å²) in [7, 11) is 0. The summed E-state index contributed by atoms with van der Waals surface area (Å²) in [5.41, 5.74) is 6.91. The molecule has 1 aromatic carbocycles. The molecule has 0 bridgehead atoms. The normalized spacial score (nSPS) is 10.3. The molecule has 1 aromatic rings. The van der Waals surface area contributed by atoms with E-state index in [1.807, 2.05) is 37.3 Å². The number of ether oxygens (including phenoxy) is 1. The molecule has 0 unspecified atom stereocenters. The van der Waals surface area contributed by atoms with E-state index in [4.69, 9.17) is 4.74 Å². The minimum Gasteiger partial charge on any atom is -0.461 e. The Morgan fingerprint density at radius 3 is 2.72 bits per heavy atom. The first-order chi connectivity index (χ1) is 8.83. The van der Waals surface area contributed by atoms with E-state index in [-0.39, 0.29) is 5.97 Å². The lowest BCUT2D eigenvalue weighted by atomic mass is 10.2. The summed E-state index contributed by atoms with van der Waals surface area (Å²) in [5.74, 6) is -0.185. The van der Waals surface area contributed by atoms with Crippen molar-refractivity contribution in [2.24, 2.45) is 0 Å². The van der Waals surface area contributed by atoms with E-state index in [1.165, 1.54) is 0 Å². The van der Waals surface area contributed by atoms with E-state index in [1.54, 1.807) is 0 Å². The second-order valence-electron chi connectivity index (χ2n) is 3.78. The molecule has 0 aliphatic carbocycles. The van der Waals surface area contributed by atoms with Crippen molar-refractivity contribution >= 4 is 5.97 Å². The fraction of sp³-hybridized carbons (Fsp3) is 0.462. The Hall–Kier alpha value is -1.43. The van der Waals surface area contributed by atoms with Gasteiger partial charge in [0.05, 0.1) is 13.1 Å². The molecular formula is C13H21N3O2. The molecule has 100 valence electrons. The Morgan fingerprint density at radius 2 is 2.00 bits per heavy atom. The van der Waals surface area contributed by atoms with Crippen LogP contribution >= 0.6 is 0 Å². The molecule has 0 spiro atoms. The van der Waals surface area contributed by atoms with Gasteiger partial charge in [-0.3, -0.25) is 10.2 Å². The van der Waals surface area contributed by atoms with Crippen molar-refractivity contribution in [2.75, 3.05) is 19.8 Å². The smallest absolute Gasteiger partial charge is 0.307 e. The fourth-order valence-corrected chi connectivity index (χ4v) is 1.34. The van der Waals surface area contributed by atoms with Gasteiger partial charge in [-0.1, -0.05) is 37.3 Å². The van der Waals surface area contributed by atoms with Crippen LogP contribution in [0.2, 0.25) is 0 Å². The van der Waals surface area contributed by atoms with Crippen LogP contribution in [0.15, 0.2) is 30.3 Å². The number of nitrogens with one attached hydrogen (secondary N) is 3. The van der Waals surface area contributed by atoms with Crippen LogP contribution in [0.4, 0.5) is 0 Å². The first-order valence-corrected chi connectivity index (χ1v) is 6.19. The van der Waals surface area contributed by atoms with Crippen molar-refractivity contribution in [3.63, 3.8) is 0 Å². The van der Waals surface area contributed by atoms with E-state index < -0.39 is 0 Å². The first kappa shape index (κ1) is 14.6. The Labute approximate surface area is 108 Å². The maximum Gasteiger partial charge on any atom is 0.307 e. The molecule has 0 saturated carbocycles. The SMILES string of the molecule is CCNNCNCCC(=O)OCc1ccccc1. The van der Waals surface area contributed by atoms with Gasteiger partial charge < -0.3 is 10.1 Å². The number of carbonyl (C=O) groups is 1. The zero-order valence-corrected chi connectivity index (χ0v) is 10.7. The van der Waals surface area contributed by atoms with Gasteiger partial charge in [0.25, 0.3) is 0 Å². The summed E-state index contributed by atoms with van der Waals surface area (Å²) in [4.78, 5) is 11.4. The number of benzene rings is 1. The fourth-order valence-electron chi connectivity index (χ4n) is 1.34. The molecule has 0 fully saturated rings. The lowest BCUT2D eigenvalue weighted by Gasteiger charge is -2.07. The summed E-state index contributed by atoms with van der Waals surface area (Å²) in [6.07, 6.45) is 0.376. The van der Waals surface area contributed by atoms with Crippen LogP contribution in [0.1, 0.15) is 18.9 Å². The molecular weight excluding hydrogens is 230 g/mol. The Kier molecular flexibility index (Phi) is 7.79. The topological polar surface area (TPSA) is 62.4 Å². The van der Waals surface area contributed by atoms with Gasteiger partial charge in [0.1, 0.15) is 6.61 Å². The van der Waals surface area contributed by atoms with E-state index in [0.717, 1.165) is 12.1 Å². The highest BCUT2D eigenvalue weighted by atomic mass is 16.5. The quantitative estimate of drug-likeness (QED) is 0.262. The second-order valence-corrected chi connectivity index (χ2v) is 3.78. The van der Waals surface area contributed by atoms with Crippen molar-refractivity contribution in [3.05, 3.63) is 35.9 Å². The summed E-state index contributed by atoms with van der Waals surface area (Å²) in [6, 6.07) is 9.67. The van der Waals surface area contributed by atoms with Gasteiger partial charge in [-0.15, -0.1) is 0 Å². The highest BCUT2D eigenvalue weighted by Crippen LogP contribution is 2.01. The monoisotopic (exact) mass is 251 g/mol. The number of hydrogen-bond acceptors (Lipinski definition) is 5. The van der Waals surface area contributed by atoms with E-state index >= 15 is 0 Å². The molecule has 0 aliphatic heterocycles.